The summed E-state index contributed by atoms with van der Waals surface area (Å²) in [7, 11) is 0. The van der Waals surface area contributed by atoms with Gasteiger partial charge in [0.1, 0.15) is 0 Å². The lowest BCUT2D eigenvalue weighted by Crippen LogP contribution is -2.11. The van der Waals surface area contributed by atoms with Crippen LogP contribution in [0.25, 0.3) is 10.8 Å². The van der Waals surface area contributed by atoms with Crippen molar-refractivity contribution in [1.82, 2.24) is 0 Å². The summed E-state index contributed by atoms with van der Waals surface area (Å²) in [6.07, 6.45) is 1.42. The number of hydrogen-bond donors (Lipinski definition) is 1. The third kappa shape index (κ3) is 4.60. The van der Waals surface area contributed by atoms with Gasteiger partial charge < -0.3 is 5.32 Å². The van der Waals surface area contributed by atoms with Gasteiger partial charge in [-0.1, -0.05) is 48.5 Å². The number of fused-ring (bicyclic) bond motifs is 1. The zero-order valence-corrected chi connectivity index (χ0v) is 13.7. The average Bonchev–Trinajstić information content (AvgIpc) is 2.59. The molecule has 0 aliphatic carbocycles. The first-order valence-electron chi connectivity index (χ1n) is 7.78. The van der Waals surface area contributed by atoms with Crippen molar-refractivity contribution in [2.45, 2.75) is 17.7 Å². The Bertz CT molecular complexity index is 786. The quantitative estimate of drug-likeness (QED) is 0.490. The van der Waals surface area contributed by atoms with E-state index in [0.717, 1.165) is 23.2 Å². The van der Waals surface area contributed by atoms with Gasteiger partial charge >= 0.3 is 0 Å². The van der Waals surface area contributed by atoms with Crippen LogP contribution in [0.15, 0.2) is 77.7 Å². The van der Waals surface area contributed by atoms with Crippen LogP contribution in [-0.2, 0) is 4.79 Å². The Balaban J connectivity index is 1.46. The first-order valence-corrected chi connectivity index (χ1v) is 8.76. The molecule has 0 atom stereocenters. The molecule has 23 heavy (non-hydrogen) atoms. The third-order valence-electron chi connectivity index (χ3n) is 3.59. The molecular formula is C20H19NOS. The highest BCUT2D eigenvalue weighted by atomic mass is 32.2. The SMILES string of the molecule is O=C(CCCSc1ccccc1)Nc1ccc2ccccc2c1. The molecule has 2 nitrogen and oxygen atoms in total. The Morgan fingerprint density at radius 3 is 2.43 bits per heavy atom. The van der Waals surface area contributed by atoms with Crippen LogP contribution in [0.4, 0.5) is 5.69 Å². The van der Waals surface area contributed by atoms with Gasteiger partial charge in [0.2, 0.25) is 5.91 Å². The standard InChI is InChI=1S/C20H19NOS/c22-20(11-6-14-23-19-9-2-1-3-10-19)21-18-13-12-16-7-4-5-8-17(16)15-18/h1-5,7-10,12-13,15H,6,11,14H2,(H,21,22). The van der Waals surface area contributed by atoms with Crippen LogP contribution in [0, 0.1) is 0 Å². The number of nitrogens with one attached hydrogen (secondary N) is 1. The van der Waals surface area contributed by atoms with Crippen LogP contribution >= 0.6 is 11.8 Å². The van der Waals surface area contributed by atoms with E-state index in [1.807, 2.05) is 48.5 Å². The maximum Gasteiger partial charge on any atom is 0.224 e. The monoisotopic (exact) mass is 321 g/mol. The smallest absolute Gasteiger partial charge is 0.224 e. The lowest BCUT2D eigenvalue weighted by molar-refractivity contribution is -0.116. The molecule has 0 heterocycles. The molecule has 3 heteroatoms. The van der Waals surface area contributed by atoms with Gasteiger partial charge in [-0.3, -0.25) is 4.79 Å². The van der Waals surface area contributed by atoms with Crippen molar-refractivity contribution in [3.05, 3.63) is 72.8 Å². The van der Waals surface area contributed by atoms with Crippen LogP contribution < -0.4 is 5.32 Å². The molecule has 3 aromatic rings. The molecule has 0 aromatic heterocycles. The fourth-order valence-corrected chi connectivity index (χ4v) is 3.30. The van der Waals surface area contributed by atoms with E-state index >= 15 is 0 Å². The topological polar surface area (TPSA) is 29.1 Å². The second kappa shape index (κ2) is 7.84. The fourth-order valence-electron chi connectivity index (χ4n) is 2.43. The Morgan fingerprint density at radius 1 is 0.870 bits per heavy atom. The maximum atomic E-state index is 12.0. The number of rotatable bonds is 6. The van der Waals surface area contributed by atoms with Crippen molar-refractivity contribution in [2.24, 2.45) is 0 Å². The minimum absolute atomic E-state index is 0.0777. The normalized spacial score (nSPS) is 10.6. The van der Waals surface area contributed by atoms with E-state index in [1.165, 1.54) is 10.3 Å². The number of carbonyl (C=O) groups is 1. The summed E-state index contributed by atoms with van der Waals surface area (Å²) >= 11 is 1.79. The Kier molecular flexibility index (Phi) is 5.33. The summed E-state index contributed by atoms with van der Waals surface area (Å²) in [5.74, 6) is 1.03. The van der Waals surface area contributed by atoms with Crippen LogP contribution in [0.1, 0.15) is 12.8 Å². The highest BCUT2D eigenvalue weighted by molar-refractivity contribution is 7.99. The molecule has 0 radical (unpaired) electrons. The number of benzene rings is 3. The van der Waals surface area contributed by atoms with Crippen LogP contribution in [0.5, 0.6) is 0 Å². The zero-order valence-electron chi connectivity index (χ0n) is 12.9. The molecule has 3 rings (SSSR count). The predicted molar refractivity (Wildman–Crippen MR) is 99.0 cm³/mol. The Morgan fingerprint density at radius 2 is 1.61 bits per heavy atom. The highest BCUT2D eigenvalue weighted by Crippen LogP contribution is 2.20. The Hall–Kier alpha value is -2.26. The third-order valence-corrected chi connectivity index (χ3v) is 4.69. The number of thioether (sulfide) groups is 1. The molecule has 0 aliphatic heterocycles. The van der Waals surface area contributed by atoms with E-state index in [9.17, 15) is 4.79 Å². The van der Waals surface area contributed by atoms with E-state index < -0.39 is 0 Å². The number of anilines is 1. The van der Waals surface area contributed by atoms with Crippen molar-refractivity contribution in [3.63, 3.8) is 0 Å². The molecule has 1 N–H and O–H groups in total. The van der Waals surface area contributed by atoms with Crippen LogP contribution in [0.3, 0.4) is 0 Å². The van der Waals surface area contributed by atoms with Gasteiger partial charge in [-0.05, 0) is 47.2 Å². The van der Waals surface area contributed by atoms with Crippen molar-refractivity contribution >= 4 is 34.1 Å². The number of carbonyl (C=O) groups excluding carboxylic acids is 1. The molecule has 1 amide bonds. The summed E-state index contributed by atoms with van der Waals surface area (Å²) in [5.41, 5.74) is 0.865. The average molecular weight is 321 g/mol. The van der Waals surface area contributed by atoms with Crippen molar-refractivity contribution in [1.29, 1.82) is 0 Å². The Labute approximate surface area is 140 Å². The molecule has 0 fully saturated rings. The summed E-state index contributed by atoms with van der Waals surface area (Å²) in [6.45, 7) is 0. The second-order valence-corrected chi connectivity index (χ2v) is 6.54. The van der Waals surface area contributed by atoms with Gasteiger partial charge in [-0.15, -0.1) is 11.8 Å². The lowest BCUT2D eigenvalue weighted by Gasteiger charge is -2.07. The van der Waals surface area contributed by atoms with Gasteiger partial charge in [-0.2, -0.15) is 0 Å². The molecule has 0 saturated carbocycles. The minimum atomic E-state index is 0.0777. The number of amides is 1. The van der Waals surface area contributed by atoms with E-state index in [0.29, 0.717) is 6.42 Å². The van der Waals surface area contributed by atoms with Gasteiger partial charge in [-0.25, -0.2) is 0 Å². The summed E-state index contributed by atoms with van der Waals surface area (Å²) in [6, 6.07) is 24.5. The van der Waals surface area contributed by atoms with Crippen molar-refractivity contribution in [2.75, 3.05) is 11.1 Å². The number of hydrogen-bond acceptors (Lipinski definition) is 2. The van der Waals surface area contributed by atoms with Gasteiger partial charge in [0.05, 0.1) is 0 Å². The molecule has 0 unspecified atom stereocenters. The van der Waals surface area contributed by atoms with Crippen LogP contribution in [0.2, 0.25) is 0 Å². The van der Waals surface area contributed by atoms with Crippen molar-refractivity contribution < 1.29 is 4.79 Å². The molecule has 0 spiro atoms. The summed E-state index contributed by atoms with van der Waals surface area (Å²) < 4.78 is 0. The van der Waals surface area contributed by atoms with E-state index in [2.05, 4.69) is 29.6 Å². The fraction of sp³-hybridized carbons (Fsp3) is 0.150. The highest BCUT2D eigenvalue weighted by Gasteiger charge is 2.03. The largest absolute Gasteiger partial charge is 0.326 e. The van der Waals surface area contributed by atoms with Gasteiger partial charge in [0.25, 0.3) is 0 Å². The lowest BCUT2D eigenvalue weighted by atomic mass is 10.1. The molecule has 116 valence electrons. The van der Waals surface area contributed by atoms with E-state index in [4.69, 9.17) is 0 Å². The minimum Gasteiger partial charge on any atom is -0.326 e. The molecular weight excluding hydrogens is 302 g/mol. The predicted octanol–water partition coefficient (Wildman–Crippen LogP) is 5.35. The molecule has 3 aromatic carbocycles. The van der Waals surface area contributed by atoms with E-state index in [1.54, 1.807) is 11.8 Å². The first kappa shape index (κ1) is 15.6. The van der Waals surface area contributed by atoms with Gasteiger partial charge in [0, 0.05) is 17.0 Å². The van der Waals surface area contributed by atoms with E-state index in [-0.39, 0.29) is 5.91 Å². The molecule has 0 saturated heterocycles. The van der Waals surface area contributed by atoms with Crippen LogP contribution in [-0.4, -0.2) is 11.7 Å². The first-order chi connectivity index (χ1) is 11.3. The van der Waals surface area contributed by atoms with Gasteiger partial charge in [0.15, 0.2) is 0 Å². The second-order valence-electron chi connectivity index (χ2n) is 5.38. The maximum absolute atomic E-state index is 12.0. The van der Waals surface area contributed by atoms with Crippen molar-refractivity contribution in [3.8, 4) is 0 Å². The molecule has 0 aliphatic rings. The zero-order chi connectivity index (χ0) is 15.9. The molecule has 0 bridgehead atoms. The summed E-state index contributed by atoms with van der Waals surface area (Å²) in [4.78, 5) is 13.3. The summed E-state index contributed by atoms with van der Waals surface area (Å²) in [5, 5.41) is 5.31.